The molecule has 0 bridgehead atoms. The third-order valence-corrected chi connectivity index (χ3v) is 4.63. The molecule has 1 amide bonds. The summed E-state index contributed by atoms with van der Waals surface area (Å²) in [6, 6.07) is 8.64. The van der Waals surface area contributed by atoms with Crippen LogP contribution in [0, 0.1) is 0 Å². The minimum atomic E-state index is -0.566. The van der Waals surface area contributed by atoms with E-state index in [9.17, 15) is 9.90 Å². The monoisotopic (exact) mass is 416 g/mol. The summed E-state index contributed by atoms with van der Waals surface area (Å²) in [4.78, 5) is 14.4. The molecule has 0 fully saturated rings. The van der Waals surface area contributed by atoms with E-state index in [0.717, 1.165) is 17.9 Å². The molecule has 0 aliphatic heterocycles. The van der Waals surface area contributed by atoms with Gasteiger partial charge in [0.05, 0.1) is 15.1 Å². The van der Waals surface area contributed by atoms with Gasteiger partial charge < -0.3 is 20.1 Å². The van der Waals surface area contributed by atoms with E-state index >= 15 is 0 Å². The lowest BCUT2D eigenvalue weighted by molar-refractivity contribution is 0.0948. The van der Waals surface area contributed by atoms with Gasteiger partial charge in [-0.3, -0.25) is 4.79 Å². The third-order valence-electron chi connectivity index (χ3n) is 3.56. The van der Waals surface area contributed by atoms with E-state index in [4.69, 9.17) is 39.5 Å². The van der Waals surface area contributed by atoms with Crippen LogP contribution in [0.25, 0.3) is 0 Å². The van der Waals surface area contributed by atoms with Crippen molar-refractivity contribution in [2.24, 2.45) is 0 Å². The lowest BCUT2D eigenvalue weighted by atomic mass is 10.1. The smallest absolute Gasteiger partial charge is 0.256 e. The topological polar surface area (TPSA) is 61.8 Å². The molecule has 0 atom stereocenters. The molecule has 26 heavy (non-hydrogen) atoms. The minimum Gasteiger partial charge on any atom is -0.505 e. The molecule has 0 radical (unpaired) electrons. The second-order valence-corrected chi connectivity index (χ2v) is 7.05. The molecular weight excluding hydrogens is 399 g/mol. The highest BCUT2D eigenvalue weighted by Gasteiger charge is 2.21. The number of phenolic OH excluding ortho intramolecular Hbond substituents is 1. The number of benzene rings is 2. The van der Waals surface area contributed by atoms with Crippen molar-refractivity contribution in [3.63, 3.8) is 0 Å². The van der Waals surface area contributed by atoms with Gasteiger partial charge in [0, 0.05) is 13.1 Å². The van der Waals surface area contributed by atoms with Crippen LogP contribution in [0.15, 0.2) is 30.3 Å². The number of aromatic hydroxyl groups is 1. The van der Waals surface area contributed by atoms with E-state index in [2.05, 4.69) is 5.32 Å². The van der Waals surface area contributed by atoms with Crippen molar-refractivity contribution >= 4 is 40.7 Å². The van der Waals surface area contributed by atoms with Gasteiger partial charge in [0.2, 0.25) is 0 Å². The normalized spacial score (nSPS) is 10.8. The maximum absolute atomic E-state index is 12.3. The van der Waals surface area contributed by atoms with E-state index in [1.807, 2.05) is 43.3 Å². The number of phenols is 1. The molecule has 0 saturated heterocycles. The standard InChI is InChI=1S/C18H19Cl3N2O3/c1-23(2)7-8-26-12-5-3-11(4-6-12)10-22-18(25)15-16(21)13(19)9-14(20)17(15)24/h3-6,9,24H,7-8,10H2,1-2H3,(H,22,25). The number of hydrogen-bond donors (Lipinski definition) is 2. The summed E-state index contributed by atoms with van der Waals surface area (Å²) in [5.41, 5.74) is 0.717. The summed E-state index contributed by atoms with van der Waals surface area (Å²) in [5, 5.41) is 12.7. The summed E-state index contributed by atoms with van der Waals surface area (Å²) in [5.74, 6) is -0.212. The second kappa shape index (κ2) is 9.33. The Balaban J connectivity index is 1.98. The molecule has 5 nitrogen and oxygen atoms in total. The van der Waals surface area contributed by atoms with Gasteiger partial charge >= 0.3 is 0 Å². The maximum Gasteiger partial charge on any atom is 0.256 e. The van der Waals surface area contributed by atoms with Crippen molar-refractivity contribution in [2.45, 2.75) is 6.54 Å². The maximum atomic E-state index is 12.3. The number of nitrogens with one attached hydrogen (secondary N) is 1. The Bertz CT molecular complexity index is 754. The van der Waals surface area contributed by atoms with Crippen molar-refractivity contribution in [2.75, 3.05) is 27.2 Å². The minimum absolute atomic E-state index is 0.0382. The van der Waals surface area contributed by atoms with E-state index in [1.54, 1.807) is 0 Å². The third kappa shape index (κ3) is 5.42. The molecule has 0 aromatic heterocycles. The number of ether oxygens (including phenoxy) is 1. The van der Waals surface area contributed by atoms with Gasteiger partial charge in [0.25, 0.3) is 5.91 Å². The van der Waals surface area contributed by atoms with Crippen LogP contribution in [0.5, 0.6) is 11.5 Å². The zero-order chi connectivity index (χ0) is 19.3. The van der Waals surface area contributed by atoms with Crippen LogP contribution >= 0.6 is 34.8 Å². The Labute approximate surface area is 167 Å². The number of halogens is 3. The average Bonchev–Trinajstić information content (AvgIpc) is 2.59. The Morgan fingerprint density at radius 3 is 2.42 bits per heavy atom. The van der Waals surface area contributed by atoms with Crippen LogP contribution in [-0.4, -0.2) is 43.2 Å². The number of carbonyl (C=O) groups is 1. The van der Waals surface area contributed by atoms with Crippen LogP contribution in [0.1, 0.15) is 15.9 Å². The molecule has 140 valence electrons. The molecule has 0 saturated carbocycles. The van der Waals surface area contributed by atoms with E-state index in [0.29, 0.717) is 6.61 Å². The predicted molar refractivity (Wildman–Crippen MR) is 105 cm³/mol. The molecule has 0 aliphatic carbocycles. The zero-order valence-corrected chi connectivity index (χ0v) is 16.6. The Hall–Kier alpha value is -1.66. The van der Waals surface area contributed by atoms with Crippen LogP contribution in [0.3, 0.4) is 0 Å². The Morgan fingerprint density at radius 1 is 1.15 bits per heavy atom. The van der Waals surface area contributed by atoms with Crippen LogP contribution in [0.4, 0.5) is 0 Å². The van der Waals surface area contributed by atoms with Gasteiger partial charge in [-0.15, -0.1) is 0 Å². The highest BCUT2D eigenvalue weighted by atomic mass is 35.5. The number of carbonyl (C=O) groups excluding carboxylic acids is 1. The molecule has 2 rings (SSSR count). The molecular formula is C18H19Cl3N2O3. The van der Waals surface area contributed by atoms with E-state index < -0.39 is 11.7 Å². The molecule has 0 heterocycles. The largest absolute Gasteiger partial charge is 0.505 e. The molecule has 2 aromatic rings. The first kappa shape index (κ1) is 20.6. The van der Waals surface area contributed by atoms with Gasteiger partial charge in [-0.1, -0.05) is 46.9 Å². The van der Waals surface area contributed by atoms with Crippen LogP contribution in [-0.2, 0) is 6.54 Å². The summed E-state index contributed by atoms with van der Waals surface area (Å²) >= 11 is 17.8. The highest BCUT2D eigenvalue weighted by Crippen LogP contribution is 2.38. The lowest BCUT2D eigenvalue weighted by Crippen LogP contribution is -2.23. The second-order valence-electron chi connectivity index (χ2n) is 5.86. The predicted octanol–water partition coefficient (Wildman–Crippen LogP) is 4.22. The molecule has 2 aromatic carbocycles. The van der Waals surface area contributed by atoms with Gasteiger partial charge in [-0.25, -0.2) is 0 Å². The molecule has 0 unspecified atom stereocenters. The SMILES string of the molecule is CN(C)CCOc1ccc(CNC(=O)c2c(O)c(Cl)cc(Cl)c2Cl)cc1. The number of hydrogen-bond acceptors (Lipinski definition) is 4. The number of rotatable bonds is 7. The highest BCUT2D eigenvalue weighted by molar-refractivity contribution is 6.45. The summed E-state index contributed by atoms with van der Waals surface area (Å²) < 4.78 is 5.62. The van der Waals surface area contributed by atoms with Gasteiger partial charge in [-0.2, -0.15) is 0 Å². The molecule has 8 heteroatoms. The number of amides is 1. The van der Waals surface area contributed by atoms with Crippen molar-refractivity contribution < 1.29 is 14.6 Å². The van der Waals surface area contributed by atoms with Crippen LogP contribution < -0.4 is 10.1 Å². The number of likely N-dealkylation sites (N-methyl/N-ethyl adjacent to an activating group) is 1. The average molecular weight is 418 g/mol. The van der Waals surface area contributed by atoms with Crippen molar-refractivity contribution in [1.29, 1.82) is 0 Å². The molecule has 0 aliphatic rings. The Kier molecular flexibility index (Phi) is 7.41. The van der Waals surface area contributed by atoms with E-state index in [1.165, 1.54) is 6.07 Å². The molecule has 2 N–H and O–H groups in total. The first-order chi connectivity index (χ1) is 12.3. The van der Waals surface area contributed by atoms with Crippen LogP contribution in [0.2, 0.25) is 15.1 Å². The fourth-order valence-electron chi connectivity index (χ4n) is 2.11. The van der Waals surface area contributed by atoms with Crippen molar-refractivity contribution in [3.05, 3.63) is 56.5 Å². The van der Waals surface area contributed by atoms with Crippen molar-refractivity contribution in [1.82, 2.24) is 10.2 Å². The van der Waals surface area contributed by atoms with Gasteiger partial charge in [-0.05, 0) is 37.9 Å². The first-order valence-electron chi connectivity index (χ1n) is 7.80. The Morgan fingerprint density at radius 2 is 1.81 bits per heavy atom. The van der Waals surface area contributed by atoms with Gasteiger partial charge in [0.15, 0.2) is 0 Å². The fraction of sp³-hybridized carbons (Fsp3) is 0.278. The molecule has 0 spiro atoms. The quantitative estimate of drug-likeness (QED) is 0.662. The van der Waals surface area contributed by atoms with Crippen molar-refractivity contribution in [3.8, 4) is 11.5 Å². The fourth-order valence-corrected chi connectivity index (χ4v) is 2.81. The number of nitrogens with zero attached hydrogens (tertiary/aromatic N) is 1. The summed E-state index contributed by atoms with van der Waals surface area (Å²) in [6.45, 7) is 1.66. The lowest BCUT2D eigenvalue weighted by Gasteiger charge is -2.12. The first-order valence-corrected chi connectivity index (χ1v) is 8.94. The summed E-state index contributed by atoms with van der Waals surface area (Å²) in [6.07, 6.45) is 0. The zero-order valence-electron chi connectivity index (χ0n) is 14.4. The van der Waals surface area contributed by atoms with Gasteiger partial charge in [0.1, 0.15) is 23.7 Å². The summed E-state index contributed by atoms with van der Waals surface area (Å²) in [7, 11) is 3.96. The van der Waals surface area contributed by atoms with E-state index in [-0.39, 0.29) is 27.2 Å².